The second kappa shape index (κ2) is 9.03. The number of carbonyl (C=O) groups excluding carboxylic acids is 2. The van der Waals surface area contributed by atoms with Crippen LogP contribution in [0.4, 0.5) is 4.79 Å². The Morgan fingerprint density at radius 2 is 1.96 bits per heavy atom. The molecule has 2 heterocycles. The number of hydrogen-bond donors (Lipinski definition) is 4. The Hall–Kier alpha value is -1.83. The quantitative estimate of drug-likeness (QED) is 0.595. The van der Waals surface area contributed by atoms with Gasteiger partial charge in [-0.15, -0.1) is 12.4 Å². The van der Waals surface area contributed by atoms with Crippen molar-refractivity contribution in [2.45, 2.75) is 19.1 Å². The number of nitrogens with zero attached hydrogens (tertiary/aromatic N) is 1. The van der Waals surface area contributed by atoms with Gasteiger partial charge in [-0.1, -0.05) is 24.3 Å². The molecule has 138 valence electrons. The largest absolute Gasteiger partial charge is 0.391 e. The van der Waals surface area contributed by atoms with E-state index in [1.165, 1.54) is 5.56 Å². The van der Waals surface area contributed by atoms with E-state index in [9.17, 15) is 14.7 Å². The first-order chi connectivity index (χ1) is 11.6. The number of β-amino-alcohol motifs (C(OH)–C–C–N with tert-alkyl or cyclic N) is 1. The lowest BCUT2D eigenvalue weighted by atomic mass is 10.0. The highest BCUT2D eigenvalue weighted by atomic mass is 35.5. The predicted octanol–water partition coefficient (Wildman–Crippen LogP) is -0.127. The molecule has 2 aliphatic rings. The monoisotopic (exact) mass is 368 g/mol. The zero-order chi connectivity index (χ0) is 16.9. The van der Waals surface area contributed by atoms with Gasteiger partial charge in [0.05, 0.1) is 12.6 Å². The molecule has 3 amide bonds. The molecule has 7 nitrogen and oxygen atoms in total. The maximum absolute atomic E-state index is 12.2. The molecule has 25 heavy (non-hydrogen) atoms. The molecule has 0 spiro atoms. The van der Waals surface area contributed by atoms with Gasteiger partial charge in [0.2, 0.25) is 5.91 Å². The van der Waals surface area contributed by atoms with Gasteiger partial charge >= 0.3 is 6.03 Å². The summed E-state index contributed by atoms with van der Waals surface area (Å²) in [4.78, 5) is 25.8. The normalized spacial score (nSPS) is 21.9. The first kappa shape index (κ1) is 19.5. The van der Waals surface area contributed by atoms with Crippen LogP contribution >= 0.6 is 12.4 Å². The van der Waals surface area contributed by atoms with Crippen LogP contribution in [-0.4, -0.2) is 60.8 Å². The summed E-state index contributed by atoms with van der Waals surface area (Å²) in [5.74, 6) is -0.205. The van der Waals surface area contributed by atoms with Crippen LogP contribution in [0.1, 0.15) is 11.1 Å². The van der Waals surface area contributed by atoms with Crippen LogP contribution in [0.25, 0.3) is 0 Å². The van der Waals surface area contributed by atoms with Gasteiger partial charge in [0.1, 0.15) is 0 Å². The Morgan fingerprint density at radius 1 is 1.20 bits per heavy atom. The lowest BCUT2D eigenvalue weighted by Crippen LogP contribution is -2.47. The Bertz CT molecular complexity index is 613. The van der Waals surface area contributed by atoms with Gasteiger partial charge in [-0.05, 0) is 17.5 Å². The fraction of sp³-hybridized carbons (Fsp3) is 0.529. The number of amides is 3. The number of benzene rings is 1. The summed E-state index contributed by atoms with van der Waals surface area (Å²) in [6, 6.07) is 7.88. The number of nitrogens with one attached hydrogen (secondary N) is 3. The Morgan fingerprint density at radius 3 is 2.68 bits per heavy atom. The third kappa shape index (κ3) is 5.07. The smallest absolute Gasteiger partial charge is 0.318 e. The van der Waals surface area contributed by atoms with Crippen molar-refractivity contribution < 1.29 is 14.7 Å². The lowest BCUT2D eigenvalue weighted by molar-refractivity contribution is -0.120. The summed E-state index contributed by atoms with van der Waals surface area (Å²) in [5.41, 5.74) is 2.44. The maximum Gasteiger partial charge on any atom is 0.318 e. The van der Waals surface area contributed by atoms with E-state index in [2.05, 4.69) is 22.0 Å². The van der Waals surface area contributed by atoms with Crippen molar-refractivity contribution in [3.05, 3.63) is 35.4 Å². The van der Waals surface area contributed by atoms with Crippen molar-refractivity contribution in [2.75, 3.05) is 32.7 Å². The molecule has 1 aromatic carbocycles. The molecule has 2 unspecified atom stereocenters. The van der Waals surface area contributed by atoms with E-state index in [4.69, 9.17) is 0 Å². The van der Waals surface area contributed by atoms with E-state index < -0.39 is 6.10 Å². The van der Waals surface area contributed by atoms with Crippen LogP contribution in [-0.2, 0) is 17.8 Å². The topological polar surface area (TPSA) is 93.7 Å². The van der Waals surface area contributed by atoms with E-state index in [1.54, 1.807) is 4.90 Å². The number of urea groups is 1. The minimum Gasteiger partial charge on any atom is -0.391 e. The lowest BCUT2D eigenvalue weighted by Gasteiger charge is -2.28. The average Bonchev–Trinajstić information content (AvgIpc) is 3.02. The van der Waals surface area contributed by atoms with E-state index in [0.717, 1.165) is 12.0 Å². The van der Waals surface area contributed by atoms with Crippen LogP contribution in [0.2, 0.25) is 0 Å². The molecule has 1 aromatic rings. The third-order valence-corrected chi connectivity index (χ3v) is 4.68. The number of aliphatic hydroxyl groups is 1. The molecule has 1 fully saturated rings. The Balaban J connectivity index is 0.00000225. The number of rotatable bonds is 4. The van der Waals surface area contributed by atoms with E-state index in [0.29, 0.717) is 32.7 Å². The zero-order valence-electron chi connectivity index (χ0n) is 14.0. The first-order valence-corrected chi connectivity index (χ1v) is 8.38. The molecule has 0 saturated carbocycles. The van der Waals surface area contributed by atoms with Crippen LogP contribution in [0.5, 0.6) is 0 Å². The van der Waals surface area contributed by atoms with Gasteiger partial charge in [-0.25, -0.2) is 4.79 Å². The highest BCUT2D eigenvalue weighted by Gasteiger charge is 2.25. The molecule has 8 heteroatoms. The van der Waals surface area contributed by atoms with E-state index in [-0.39, 0.29) is 36.8 Å². The van der Waals surface area contributed by atoms with Gasteiger partial charge in [0, 0.05) is 38.6 Å². The van der Waals surface area contributed by atoms with E-state index >= 15 is 0 Å². The fourth-order valence-corrected chi connectivity index (χ4v) is 3.17. The second-order valence-electron chi connectivity index (χ2n) is 6.39. The van der Waals surface area contributed by atoms with Crippen LogP contribution < -0.4 is 16.0 Å². The maximum atomic E-state index is 12.2. The van der Waals surface area contributed by atoms with E-state index in [1.807, 2.05) is 18.2 Å². The second-order valence-corrected chi connectivity index (χ2v) is 6.39. The molecule has 1 saturated heterocycles. The minimum atomic E-state index is -0.423. The minimum absolute atomic E-state index is 0. The van der Waals surface area contributed by atoms with Crippen molar-refractivity contribution in [1.29, 1.82) is 0 Å². The van der Waals surface area contributed by atoms with Crippen LogP contribution in [0.15, 0.2) is 24.3 Å². The number of carbonyl (C=O) groups is 2. The van der Waals surface area contributed by atoms with Crippen molar-refractivity contribution in [2.24, 2.45) is 5.92 Å². The fourth-order valence-electron chi connectivity index (χ4n) is 3.17. The molecule has 0 radical (unpaired) electrons. The van der Waals surface area contributed by atoms with Crippen molar-refractivity contribution in [1.82, 2.24) is 20.9 Å². The molecule has 2 atom stereocenters. The Labute approximate surface area is 153 Å². The highest BCUT2D eigenvalue weighted by molar-refractivity contribution is 5.85. The summed E-state index contributed by atoms with van der Waals surface area (Å²) in [5, 5.41) is 18.2. The summed E-state index contributed by atoms with van der Waals surface area (Å²) < 4.78 is 0. The average molecular weight is 369 g/mol. The van der Waals surface area contributed by atoms with Crippen LogP contribution in [0.3, 0.4) is 0 Å². The zero-order valence-corrected chi connectivity index (χ0v) is 14.8. The number of fused-ring (bicyclic) bond motifs is 1. The SMILES string of the molecule is Cl.O=C(CNC(=O)N1CCc2ccccc2C1)NCC1CNCC1O. The highest BCUT2D eigenvalue weighted by Crippen LogP contribution is 2.18. The summed E-state index contributed by atoms with van der Waals surface area (Å²) >= 11 is 0. The van der Waals surface area contributed by atoms with Gasteiger partial charge in [0.25, 0.3) is 0 Å². The number of aliphatic hydroxyl groups excluding tert-OH is 1. The van der Waals surface area contributed by atoms with Gasteiger partial charge < -0.3 is 26.0 Å². The standard InChI is InChI=1S/C17H24N4O3.ClH/c22-15-9-18-7-14(15)8-19-16(23)10-20-17(24)21-6-5-12-3-1-2-4-13(12)11-21;/h1-4,14-15,18,22H,5-11H2,(H,19,23)(H,20,24);1H. The van der Waals surface area contributed by atoms with Crippen molar-refractivity contribution in [3.63, 3.8) is 0 Å². The molecule has 0 bridgehead atoms. The van der Waals surface area contributed by atoms with Gasteiger partial charge in [0.15, 0.2) is 0 Å². The van der Waals surface area contributed by atoms with Gasteiger partial charge in [-0.3, -0.25) is 4.79 Å². The van der Waals surface area contributed by atoms with Gasteiger partial charge in [-0.2, -0.15) is 0 Å². The molecule has 3 rings (SSSR count). The third-order valence-electron chi connectivity index (χ3n) is 4.68. The molecule has 0 aromatic heterocycles. The number of halogens is 1. The molecular formula is C17H25ClN4O3. The predicted molar refractivity (Wildman–Crippen MR) is 96.6 cm³/mol. The van der Waals surface area contributed by atoms with Crippen LogP contribution in [0, 0.1) is 5.92 Å². The van der Waals surface area contributed by atoms with Crippen molar-refractivity contribution >= 4 is 24.3 Å². The van der Waals surface area contributed by atoms with Crippen molar-refractivity contribution in [3.8, 4) is 0 Å². The molecule has 0 aliphatic carbocycles. The molecule has 4 N–H and O–H groups in total. The Kier molecular flexibility index (Phi) is 7.04. The summed E-state index contributed by atoms with van der Waals surface area (Å²) in [6.45, 7) is 2.86. The number of hydrogen-bond acceptors (Lipinski definition) is 4. The summed E-state index contributed by atoms with van der Waals surface area (Å²) in [6.07, 6.45) is 0.413. The summed E-state index contributed by atoms with van der Waals surface area (Å²) in [7, 11) is 0. The molecular weight excluding hydrogens is 344 g/mol. The molecule has 2 aliphatic heterocycles. The first-order valence-electron chi connectivity index (χ1n) is 8.38.